The lowest BCUT2D eigenvalue weighted by molar-refractivity contribution is 0.116. The van der Waals surface area contributed by atoms with Gasteiger partial charge in [-0.15, -0.1) is 0 Å². The van der Waals surface area contributed by atoms with Gasteiger partial charge < -0.3 is 15.2 Å². The lowest BCUT2D eigenvalue weighted by Gasteiger charge is -2.18. The zero-order chi connectivity index (χ0) is 16.5. The van der Waals surface area contributed by atoms with Crippen molar-refractivity contribution >= 4 is 17.7 Å². The second kappa shape index (κ2) is 9.18. The highest BCUT2D eigenvalue weighted by atomic mass is 35.5. The number of amides is 1. The predicted octanol–water partition coefficient (Wildman–Crippen LogP) is 3.47. The van der Waals surface area contributed by atoms with E-state index in [4.69, 9.17) is 16.3 Å². The number of alkyl carbamates (subject to hydrolysis) is 1. The van der Waals surface area contributed by atoms with Crippen molar-refractivity contribution in [2.45, 2.75) is 31.1 Å². The molecule has 2 aromatic rings. The summed E-state index contributed by atoms with van der Waals surface area (Å²) < 4.78 is 5.07. The second-order valence-electron chi connectivity index (χ2n) is 5.20. The minimum absolute atomic E-state index is 0.163. The molecule has 0 aromatic heterocycles. The maximum absolute atomic E-state index is 11.7. The van der Waals surface area contributed by atoms with Crippen LogP contribution in [0.25, 0.3) is 0 Å². The van der Waals surface area contributed by atoms with E-state index in [1.807, 2.05) is 60.7 Å². The van der Waals surface area contributed by atoms with Crippen molar-refractivity contribution in [3.63, 3.8) is 0 Å². The maximum atomic E-state index is 11.7. The van der Waals surface area contributed by atoms with Crippen LogP contribution in [0.3, 0.4) is 0 Å². The average molecular weight is 334 g/mol. The minimum Gasteiger partial charge on any atom is -0.445 e. The molecule has 0 aliphatic rings. The molecule has 2 aromatic carbocycles. The number of halogens is 1. The summed E-state index contributed by atoms with van der Waals surface area (Å²) in [7, 11) is 0. The fourth-order valence-corrected chi connectivity index (χ4v) is 2.29. The summed E-state index contributed by atoms with van der Waals surface area (Å²) in [5.41, 5.74) is 1.11. The van der Waals surface area contributed by atoms with Gasteiger partial charge in [0.1, 0.15) is 12.1 Å². The summed E-state index contributed by atoms with van der Waals surface area (Å²) in [5.74, 6) is 0. The number of alkyl halides is 1. The van der Waals surface area contributed by atoms with Gasteiger partial charge in [0.25, 0.3) is 0 Å². The van der Waals surface area contributed by atoms with Gasteiger partial charge in [0.05, 0.1) is 6.10 Å². The van der Waals surface area contributed by atoms with Gasteiger partial charge in [0, 0.05) is 0 Å². The first kappa shape index (κ1) is 17.3. The molecule has 0 saturated heterocycles. The highest BCUT2D eigenvalue weighted by Crippen LogP contribution is 2.10. The predicted molar refractivity (Wildman–Crippen MR) is 90.2 cm³/mol. The molecule has 5 heteroatoms. The van der Waals surface area contributed by atoms with Crippen LogP contribution in [0.1, 0.15) is 17.5 Å². The molecule has 2 atom stereocenters. The summed E-state index contributed by atoms with van der Waals surface area (Å²) in [6.45, 7) is 0.163. The topological polar surface area (TPSA) is 58.6 Å². The molecule has 23 heavy (non-hydrogen) atoms. The summed E-state index contributed by atoms with van der Waals surface area (Å²) in [6, 6.07) is 19.1. The van der Waals surface area contributed by atoms with Crippen molar-refractivity contribution in [3.8, 4) is 0 Å². The molecule has 0 spiro atoms. The highest BCUT2D eigenvalue weighted by molar-refractivity contribution is 6.21. The van der Waals surface area contributed by atoms with Gasteiger partial charge >= 0.3 is 6.09 Å². The van der Waals surface area contributed by atoms with E-state index in [1.54, 1.807) is 0 Å². The van der Waals surface area contributed by atoms with E-state index in [-0.39, 0.29) is 6.61 Å². The molecule has 122 valence electrons. The number of nitrogens with one attached hydrogen (secondary N) is 1. The van der Waals surface area contributed by atoms with Crippen molar-refractivity contribution in [3.05, 3.63) is 71.8 Å². The molecule has 0 heterocycles. The molecule has 2 rings (SSSR count). The van der Waals surface area contributed by atoms with Gasteiger partial charge in [-0.25, -0.2) is 4.79 Å². The molecule has 2 N–H and O–H groups in total. The first-order valence-corrected chi connectivity index (χ1v) is 7.92. The molecule has 0 fully saturated rings. The Balaban J connectivity index is 1.70. The van der Waals surface area contributed by atoms with Crippen molar-refractivity contribution in [1.82, 2.24) is 5.32 Å². The van der Waals surface area contributed by atoms with Crippen LogP contribution in [0.4, 0.5) is 4.79 Å². The Morgan fingerprint density at radius 3 is 2.22 bits per heavy atom. The SMILES string of the molecule is O=C(N[C@@H](Cl)[C@@H](O)CCc1ccccc1)OCc1ccccc1. The molecule has 0 bridgehead atoms. The number of hydrogen-bond donors (Lipinski definition) is 2. The molecule has 0 unspecified atom stereocenters. The summed E-state index contributed by atoms with van der Waals surface area (Å²) in [4.78, 5) is 11.7. The summed E-state index contributed by atoms with van der Waals surface area (Å²) in [6.07, 6.45) is -0.350. The van der Waals surface area contributed by atoms with E-state index in [0.717, 1.165) is 11.1 Å². The van der Waals surface area contributed by atoms with E-state index in [9.17, 15) is 9.90 Å². The molecule has 0 saturated carbocycles. The van der Waals surface area contributed by atoms with E-state index >= 15 is 0 Å². The van der Waals surface area contributed by atoms with Crippen LogP contribution in [-0.4, -0.2) is 22.8 Å². The molecular weight excluding hydrogens is 314 g/mol. The largest absolute Gasteiger partial charge is 0.445 e. The molecule has 0 aliphatic carbocycles. The lowest BCUT2D eigenvalue weighted by atomic mass is 10.1. The number of aryl methyl sites for hydroxylation is 1. The highest BCUT2D eigenvalue weighted by Gasteiger charge is 2.19. The lowest BCUT2D eigenvalue weighted by Crippen LogP contribution is -2.39. The molecular formula is C18H20ClNO3. The van der Waals surface area contributed by atoms with Crippen molar-refractivity contribution in [2.75, 3.05) is 0 Å². The van der Waals surface area contributed by atoms with Crippen LogP contribution >= 0.6 is 11.6 Å². The van der Waals surface area contributed by atoms with Crippen LogP contribution < -0.4 is 5.32 Å². The Labute approximate surface area is 141 Å². The fraction of sp³-hybridized carbons (Fsp3) is 0.278. The fourth-order valence-electron chi connectivity index (χ4n) is 2.08. The van der Waals surface area contributed by atoms with Gasteiger partial charge in [-0.3, -0.25) is 0 Å². The second-order valence-corrected chi connectivity index (χ2v) is 5.67. The van der Waals surface area contributed by atoms with E-state index in [0.29, 0.717) is 12.8 Å². The zero-order valence-corrected chi connectivity index (χ0v) is 13.4. The third kappa shape index (κ3) is 6.30. The number of ether oxygens (including phenoxy) is 1. The Morgan fingerprint density at radius 1 is 1.04 bits per heavy atom. The Morgan fingerprint density at radius 2 is 1.61 bits per heavy atom. The van der Waals surface area contributed by atoms with Gasteiger partial charge in [-0.05, 0) is 24.0 Å². The third-order valence-electron chi connectivity index (χ3n) is 3.38. The maximum Gasteiger partial charge on any atom is 0.408 e. The Hall–Kier alpha value is -2.04. The quantitative estimate of drug-likeness (QED) is 0.602. The van der Waals surface area contributed by atoms with Crippen LogP contribution in [-0.2, 0) is 17.8 Å². The van der Waals surface area contributed by atoms with Crippen LogP contribution in [0.5, 0.6) is 0 Å². The monoisotopic (exact) mass is 333 g/mol. The third-order valence-corrected chi connectivity index (χ3v) is 3.78. The number of carbonyl (C=O) groups is 1. The molecule has 1 amide bonds. The van der Waals surface area contributed by atoms with Crippen LogP contribution in [0.2, 0.25) is 0 Å². The molecule has 0 aliphatic heterocycles. The van der Waals surface area contributed by atoms with Crippen LogP contribution in [0, 0.1) is 0 Å². The first-order chi connectivity index (χ1) is 11.1. The number of rotatable bonds is 7. The van der Waals surface area contributed by atoms with Crippen molar-refractivity contribution in [1.29, 1.82) is 0 Å². The van der Waals surface area contributed by atoms with E-state index in [1.165, 1.54) is 0 Å². The number of carbonyl (C=O) groups excluding carboxylic acids is 1. The van der Waals surface area contributed by atoms with E-state index in [2.05, 4.69) is 5.32 Å². The zero-order valence-electron chi connectivity index (χ0n) is 12.7. The average Bonchev–Trinajstić information content (AvgIpc) is 2.59. The normalized spacial score (nSPS) is 13.1. The Kier molecular flexibility index (Phi) is 6.91. The van der Waals surface area contributed by atoms with Crippen molar-refractivity contribution < 1.29 is 14.6 Å². The standard InChI is InChI=1S/C18H20ClNO3/c19-17(16(21)12-11-14-7-3-1-4-8-14)20-18(22)23-13-15-9-5-2-6-10-15/h1-10,16-17,21H,11-13H2,(H,20,22)/t16-,17+/m0/s1. The van der Waals surface area contributed by atoms with E-state index < -0.39 is 17.7 Å². The molecule has 4 nitrogen and oxygen atoms in total. The minimum atomic E-state index is -0.887. The summed E-state index contributed by atoms with van der Waals surface area (Å²) >= 11 is 6.01. The van der Waals surface area contributed by atoms with Gasteiger partial charge in [0.2, 0.25) is 0 Å². The van der Waals surface area contributed by atoms with Gasteiger partial charge in [-0.1, -0.05) is 72.3 Å². The number of hydrogen-bond acceptors (Lipinski definition) is 3. The molecule has 0 radical (unpaired) electrons. The number of aliphatic hydroxyl groups excluding tert-OH is 1. The first-order valence-electron chi connectivity index (χ1n) is 7.48. The van der Waals surface area contributed by atoms with Crippen LogP contribution in [0.15, 0.2) is 60.7 Å². The number of benzene rings is 2. The van der Waals surface area contributed by atoms with Gasteiger partial charge in [0.15, 0.2) is 0 Å². The Bertz CT molecular complexity index is 592. The number of aliphatic hydroxyl groups is 1. The smallest absolute Gasteiger partial charge is 0.408 e. The summed E-state index contributed by atoms with van der Waals surface area (Å²) in [5, 5.41) is 12.5. The van der Waals surface area contributed by atoms with Crippen molar-refractivity contribution in [2.24, 2.45) is 0 Å². The van der Waals surface area contributed by atoms with Gasteiger partial charge in [-0.2, -0.15) is 0 Å².